The highest BCUT2D eigenvalue weighted by Crippen LogP contribution is 2.34. The molecule has 2 aromatic carbocycles. The second-order valence-corrected chi connectivity index (χ2v) is 10.6. The fourth-order valence-corrected chi connectivity index (χ4v) is 4.49. The van der Waals surface area contributed by atoms with Crippen LogP contribution < -0.4 is 19.9 Å². The van der Waals surface area contributed by atoms with E-state index in [4.69, 9.17) is 26.8 Å². The van der Waals surface area contributed by atoms with Crippen LogP contribution in [-0.4, -0.2) is 34.3 Å². The fraction of sp³-hybridized carbons (Fsp3) is 0.458. The zero-order chi connectivity index (χ0) is 24.6. The van der Waals surface area contributed by atoms with Gasteiger partial charge in [0, 0.05) is 17.0 Å². The quantitative estimate of drug-likeness (QED) is 0.406. The normalized spacial score (nSPS) is 13.5. The smallest absolute Gasteiger partial charge is 0.220 e. The van der Waals surface area contributed by atoms with Gasteiger partial charge < -0.3 is 15.2 Å². The SMILES string of the molecule is COc1cc([C@H](C[C@H](C(N)=O)C(C)C)NS(C)(=O)=O)ccc1OCCCc1ccc(Cl)cc1. The molecule has 1 amide bonds. The minimum atomic E-state index is -3.53. The molecule has 2 rings (SSSR count). The predicted octanol–water partition coefficient (Wildman–Crippen LogP) is 4.10. The first-order chi connectivity index (χ1) is 15.5. The van der Waals surface area contributed by atoms with Crippen LogP contribution in [0.5, 0.6) is 11.5 Å². The van der Waals surface area contributed by atoms with E-state index in [2.05, 4.69) is 4.72 Å². The van der Waals surface area contributed by atoms with Crippen molar-refractivity contribution in [1.29, 1.82) is 0 Å². The predicted molar refractivity (Wildman–Crippen MR) is 131 cm³/mol. The maximum atomic E-state index is 12.0. The minimum Gasteiger partial charge on any atom is -0.493 e. The summed E-state index contributed by atoms with van der Waals surface area (Å²) in [7, 11) is -2.00. The second kappa shape index (κ2) is 12.3. The molecule has 3 N–H and O–H groups in total. The Balaban J connectivity index is 2.13. The molecule has 0 unspecified atom stereocenters. The van der Waals surface area contributed by atoms with Crippen molar-refractivity contribution in [2.45, 2.75) is 39.2 Å². The molecule has 0 aliphatic rings. The molecule has 0 spiro atoms. The van der Waals surface area contributed by atoms with E-state index in [0.717, 1.165) is 19.1 Å². The third-order valence-corrected chi connectivity index (χ3v) is 6.35. The van der Waals surface area contributed by atoms with Crippen molar-refractivity contribution < 1.29 is 22.7 Å². The van der Waals surface area contributed by atoms with Gasteiger partial charge in [0.1, 0.15) is 0 Å². The van der Waals surface area contributed by atoms with E-state index in [1.54, 1.807) is 18.2 Å². The molecule has 0 heterocycles. The molecule has 0 fully saturated rings. The number of rotatable bonds is 13. The summed E-state index contributed by atoms with van der Waals surface area (Å²) in [5, 5.41) is 0.707. The Labute approximate surface area is 201 Å². The van der Waals surface area contributed by atoms with Crippen LogP contribution in [0.3, 0.4) is 0 Å². The number of hydrogen-bond acceptors (Lipinski definition) is 5. The highest BCUT2D eigenvalue weighted by Gasteiger charge is 2.27. The van der Waals surface area contributed by atoms with Crippen LogP contribution in [0.2, 0.25) is 5.02 Å². The number of carbonyl (C=O) groups is 1. The lowest BCUT2D eigenvalue weighted by atomic mass is 9.86. The molecular formula is C24H33ClN2O5S. The summed E-state index contributed by atoms with van der Waals surface area (Å²) in [6, 6.07) is 12.3. The molecule has 33 heavy (non-hydrogen) atoms. The Morgan fingerprint density at radius 3 is 2.33 bits per heavy atom. The van der Waals surface area contributed by atoms with Crippen molar-refractivity contribution >= 4 is 27.5 Å². The first kappa shape index (κ1) is 27.0. The van der Waals surface area contributed by atoms with Crippen LogP contribution in [-0.2, 0) is 21.2 Å². The molecular weight excluding hydrogens is 464 g/mol. The molecule has 0 radical (unpaired) electrons. The van der Waals surface area contributed by atoms with Gasteiger partial charge in [0.05, 0.1) is 20.0 Å². The van der Waals surface area contributed by atoms with E-state index >= 15 is 0 Å². The monoisotopic (exact) mass is 496 g/mol. The van der Waals surface area contributed by atoms with E-state index in [-0.39, 0.29) is 12.3 Å². The van der Waals surface area contributed by atoms with Gasteiger partial charge in [-0.2, -0.15) is 0 Å². The molecule has 2 aromatic rings. The minimum absolute atomic E-state index is 0.0310. The number of halogens is 1. The summed E-state index contributed by atoms with van der Waals surface area (Å²) < 4.78 is 38.0. The Bertz CT molecular complexity index is 1030. The number of amides is 1. The molecule has 7 nitrogen and oxygen atoms in total. The summed E-state index contributed by atoms with van der Waals surface area (Å²) in [5.41, 5.74) is 7.40. The average Bonchev–Trinajstić information content (AvgIpc) is 2.74. The highest BCUT2D eigenvalue weighted by molar-refractivity contribution is 7.88. The maximum absolute atomic E-state index is 12.0. The van der Waals surface area contributed by atoms with E-state index in [1.165, 1.54) is 12.7 Å². The summed E-state index contributed by atoms with van der Waals surface area (Å²) in [6.07, 6.45) is 2.98. The third-order valence-electron chi connectivity index (χ3n) is 5.39. The largest absolute Gasteiger partial charge is 0.493 e. The number of ether oxygens (including phenoxy) is 2. The van der Waals surface area contributed by atoms with Crippen molar-refractivity contribution in [2.75, 3.05) is 20.0 Å². The van der Waals surface area contributed by atoms with Crippen LogP contribution in [0.1, 0.15) is 43.9 Å². The van der Waals surface area contributed by atoms with Crippen molar-refractivity contribution in [3.8, 4) is 11.5 Å². The van der Waals surface area contributed by atoms with Gasteiger partial charge in [-0.25, -0.2) is 13.1 Å². The second-order valence-electron chi connectivity index (χ2n) is 8.42. The van der Waals surface area contributed by atoms with Gasteiger partial charge in [-0.05, 0) is 60.6 Å². The summed E-state index contributed by atoms with van der Waals surface area (Å²) >= 11 is 5.92. The molecule has 0 bridgehead atoms. The van der Waals surface area contributed by atoms with Gasteiger partial charge in [-0.15, -0.1) is 0 Å². The lowest BCUT2D eigenvalue weighted by Crippen LogP contribution is -2.35. The number of carbonyl (C=O) groups excluding carboxylic acids is 1. The first-order valence-corrected chi connectivity index (χ1v) is 13.1. The Morgan fingerprint density at radius 1 is 1.12 bits per heavy atom. The van der Waals surface area contributed by atoms with Crippen molar-refractivity contribution in [2.24, 2.45) is 17.6 Å². The number of methoxy groups -OCH3 is 1. The zero-order valence-corrected chi connectivity index (χ0v) is 21.1. The Morgan fingerprint density at radius 2 is 1.79 bits per heavy atom. The average molecular weight is 497 g/mol. The molecule has 0 aliphatic carbocycles. The zero-order valence-electron chi connectivity index (χ0n) is 19.5. The molecule has 0 aromatic heterocycles. The van der Waals surface area contributed by atoms with Crippen molar-refractivity contribution in [3.63, 3.8) is 0 Å². The van der Waals surface area contributed by atoms with Gasteiger partial charge in [-0.3, -0.25) is 4.79 Å². The van der Waals surface area contributed by atoms with Crippen LogP contribution >= 0.6 is 11.6 Å². The standard InChI is InChI=1S/C24H33ClN2O5S/c1-16(2)20(24(26)28)15-21(27-33(4,29)30)18-9-12-22(23(14-18)31-3)32-13-5-6-17-7-10-19(25)11-8-17/h7-12,14,16,20-21,27H,5-6,13,15H2,1-4H3,(H2,26,28)/t20-,21-/m0/s1. The molecule has 182 valence electrons. The summed E-state index contributed by atoms with van der Waals surface area (Å²) in [4.78, 5) is 11.9. The van der Waals surface area contributed by atoms with Crippen LogP contribution in [0.4, 0.5) is 0 Å². The number of sulfonamides is 1. The molecule has 0 saturated carbocycles. The number of nitrogens with one attached hydrogen (secondary N) is 1. The lowest BCUT2D eigenvalue weighted by molar-refractivity contribution is -0.123. The number of benzene rings is 2. The van der Waals surface area contributed by atoms with Gasteiger partial charge >= 0.3 is 0 Å². The molecule has 2 atom stereocenters. The van der Waals surface area contributed by atoms with Gasteiger partial charge in [-0.1, -0.05) is 43.6 Å². The highest BCUT2D eigenvalue weighted by atomic mass is 35.5. The van der Waals surface area contributed by atoms with E-state index in [1.807, 2.05) is 38.1 Å². The van der Waals surface area contributed by atoms with Crippen molar-refractivity contribution in [1.82, 2.24) is 4.72 Å². The van der Waals surface area contributed by atoms with Crippen molar-refractivity contribution in [3.05, 3.63) is 58.6 Å². The summed E-state index contributed by atoms with van der Waals surface area (Å²) in [6.45, 7) is 4.25. The number of hydrogen-bond donors (Lipinski definition) is 2. The van der Waals surface area contributed by atoms with Gasteiger partial charge in [0.2, 0.25) is 15.9 Å². The molecule has 0 aliphatic heterocycles. The van der Waals surface area contributed by atoms with Crippen LogP contribution in [0.15, 0.2) is 42.5 Å². The lowest BCUT2D eigenvalue weighted by Gasteiger charge is -2.25. The van der Waals surface area contributed by atoms with E-state index < -0.39 is 27.9 Å². The molecule has 0 saturated heterocycles. The first-order valence-electron chi connectivity index (χ1n) is 10.8. The van der Waals surface area contributed by atoms with Gasteiger partial charge in [0.25, 0.3) is 0 Å². The van der Waals surface area contributed by atoms with E-state index in [9.17, 15) is 13.2 Å². The number of primary amides is 1. The number of nitrogens with two attached hydrogens (primary N) is 1. The topological polar surface area (TPSA) is 108 Å². The van der Waals surface area contributed by atoms with E-state index in [0.29, 0.717) is 28.7 Å². The maximum Gasteiger partial charge on any atom is 0.220 e. The Hall–Kier alpha value is -2.29. The molecule has 9 heteroatoms. The summed E-state index contributed by atoms with van der Waals surface area (Å²) in [5.74, 6) is 0.0682. The van der Waals surface area contributed by atoms with Crippen LogP contribution in [0.25, 0.3) is 0 Å². The number of aryl methyl sites for hydroxylation is 1. The van der Waals surface area contributed by atoms with Gasteiger partial charge in [0.15, 0.2) is 11.5 Å². The fourth-order valence-electron chi connectivity index (χ4n) is 3.61. The Kier molecular flexibility index (Phi) is 10.0. The van der Waals surface area contributed by atoms with Crippen LogP contribution in [0, 0.1) is 11.8 Å². The third kappa shape index (κ3) is 8.87.